The van der Waals surface area contributed by atoms with Crippen LogP contribution in [0, 0.1) is 13.8 Å². The van der Waals surface area contributed by atoms with Crippen molar-refractivity contribution in [3.63, 3.8) is 0 Å². The minimum atomic E-state index is -0.189. The molecule has 0 aliphatic heterocycles. The average molecular weight is 453 g/mol. The molecule has 0 radical (unpaired) electrons. The van der Waals surface area contributed by atoms with Crippen LogP contribution in [0.15, 0.2) is 85.3 Å². The van der Waals surface area contributed by atoms with Crippen molar-refractivity contribution in [2.75, 3.05) is 5.32 Å². The normalized spacial score (nSPS) is 11.0. The number of amides is 1. The molecule has 5 nitrogen and oxygen atoms in total. The first-order chi connectivity index (χ1) is 16.0. The number of carbonyl (C=O) groups is 1. The van der Waals surface area contributed by atoms with E-state index in [1.165, 1.54) is 0 Å². The molecular weight excluding hydrogens is 432 g/mol. The minimum Gasteiger partial charge on any atom is -0.322 e. The van der Waals surface area contributed by atoms with Gasteiger partial charge in [0.25, 0.3) is 5.91 Å². The maximum atomic E-state index is 13.0. The van der Waals surface area contributed by atoms with E-state index in [1.807, 2.05) is 97.4 Å². The van der Waals surface area contributed by atoms with E-state index in [-0.39, 0.29) is 5.91 Å². The lowest BCUT2D eigenvalue weighted by atomic mass is 10.0. The Hall–Kier alpha value is -3.96. The number of aromatic nitrogens is 3. The Balaban J connectivity index is 1.54. The van der Waals surface area contributed by atoms with Gasteiger partial charge in [-0.05, 0) is 50.2 Å². The molecule has 0 aliphatic carbocycles. The zero-order valence-corrected chi connectivity index (χ0v) is 19.0. The predicted molar refractivity (Wildman–Crippen MR) is 133 cm³/mol. The van der Waals surface area contributed by atoms with E-state index in [1.54, 1.807) is 6.20 Å². The summed E-state index contributed by atoms with van der Waals surface area (Å²) in [6.45, 7) is 3.85. The van der Waals surface area contributed by atoms with Gasteiger partial charge in [0.05, 0.1) is 23.0 Å². The standard InChI is InChI=1S/C27H21ClN4O/c1-17-8-10-22(11-9-17)31-27(33)24-14-20(15-29-18(24)2)23-7-4-12-32-25(23)16-30-26(32)19-5-3-6-21(28)13-19/h3-16H,1-2H3,(H,31,33). The summed E-state index contributed by atoms with van der Waals surface area (Å²) in [4.78, 5) is 22.2. The topological polar surface area (TPSA) is 59.3 Å². The van der Waals surface area contributed by atoms with E-state index in [4.69, 9.17) is 11.6 Å². The molecule has 5 rings (SSSR count). The third kappa shape index (κ3) is 4.11. The van der Waals surface area contributed by atoms with Gasteiger partial charge in [-0.3, -0.25) is 14.2 Å². The molecule has 0 unspecified atom stereocenters. The second-order valence-corrected chi connectivity index (χ2v) is 8.38. The summed E-state index contributed by atoms with van der Waals surface area (Å²) in [6, 6.07) is 21.2. The lowest BCUT2D eigenvalue weighted by molar-refractivity contribution is 0.102. The Kier molecular flexibility index (Phi) is 5.40. The molecule has 1 N–H and O–H groups in total. The summed E-state index contributed by atoms with van der Waals surface area (Å²) < 4.78 is 2.02. The van der Waals surface area contributed by atoms with Crippen LogP contribution in [0.3, 0.4) is 0 Å². The zero-order valence-electron chi connectivity index (χ0n) is 18.2. The predicted octanol–water partition coefficient (Wildman–Crippen LogP) is 6.59. The van der Waals surface area contributed by atoms with Crippen LogP contribution in [0.25, 0.3) is 28.0 Å². The van der Waals surface area contributed by atoms with Crippen LogP contribution in [0.4, 0.5) is 5.69 Å². The number of fused-ring (bicyclic) bond motifs is 1. The summed E-state index contributed by atoms with van der Waals surface area (Å²) >= 11 is 6.18. The number of pyridine rings is 2. The molecule has 1 amide bonds. The van der Waals surface area contributed by atoms with Crippen molar-refractivity contribution in [2.45, 2.75) is 13.8 Å². The van der Waals surface area contributed by atoms with E-state index < -0.39 is 0 Å². The molecular formula is C27H21ClN4O. The van der Waals surface area contributed by atoms with Crippen LogP contribution in [-0.2, 0) is 0 Å². The summed E-state index contributed by atoms with van der Waals surface area (Å²) in [5.41, 5.74) is 6.72. The summed E-state index contributed by atoms with van der Waals surface area (Å²) in [7, 11) is 0. The number of anilines is 1. The number of carbonyl (C=O) groups excluding carboxylic acids is 1. The molecule has 33 heavy (non-hydrogen) atoms. The van der Waals surface area contributed by atoms with Crippen molar-refractivity contribution >= 4 is 28.7 Å². The van der Waals surface area contributed by atoms with Crippen LogP contribution in [0.5, 0.6) is 0 Å². The quantitative estimate of drug-likeness (QED) is 0.334. The van der Waals surface area contributed by atoms with Gasteiger partial charge in [-0.2, -0.15) is 0 Å². The van der Waals surface area contributed by atoms with Gasteiger partial charge in [0.15, 0.2) is 0 Å². The lowest BCUT2D eigenvalue weighted by Crippen LogP contribution is -2.14. The molecule has 0 saturated carbocycles. The molecule has 5 aromatic rings. The van der Waals surface area contributed by atoms with Gasteiger partial charge in [0.1, 0.15) is 5.82 Å². The second-order valence-electron chi connectivity index (χ2n) is 7.95. The first-order valence-electron chi connectivity index (χ1n) is 10.6. The second kappa shape index (κ2) is 8.52. The molecule has 0 aliphatic rings. The van der Waals surface area contributed by atoms with Crippen molar-refractivity contribution in [3.8, 4) is 22.5 Å². The molecule has 0 fully saturated rings. The highest BCUT2D eigenvalue weighted by molar-refractivity contribution is 6.30. The molecule has 6 heteroatoms. The molecule has 0 bridgehead atoms. The first kappa shape index (κ1) is 20.9. The van der Waals surface area contributed by atoms with Crippen molar-refractivity contribution in [3.05, 3.63) is 107 Å². The van der Waals surface area contributed by atoms with Gasteiger partial charge in [0, 0.05) is 39.8 Å². The molecule has 0 atom stereocenters. The van der Waals surface area contributed by atoms with Gasteiger partial charge in [-0.1, -0.05) is 47.5 Å². The fraction of sp³-hybridized carbons (Fsp3) is 0.0741. The van der Waals surface area contributed by atoms with E-state index in [9.17, 15) is 4.79 Å². The monoisotopic (exact) mass is 452 g/mol. The number of nitrogens with one attached hydrogen (secondary N) is 1. The van der Waals surface area contributed by atoms with Crippen molar-refractivity contribution < 1.29 is 4.79 Å². The Bertz CT molecular complexity index is 1490. The van der Waals surface area contributed by atoms with Crippen molar-refractivity contribution in [1.82, 2.24) is 14.4 Å². The molecule has 3 aromatic heterocycles. The number of benzene rings is 2. The van der Waals surface area contributed by atoms with Gasteiger partial charge < -0.3 is 5.32 Å². The fourth-order valence-electron chi connectivity index (χ4n) is 3.85. The number of nitrogens with zero attached hydrogens (tertiary/aromatic N) is 3. The molecule has 0 saturated heterocycles. The molecule has 162 valence electrons. The largest absolute Gasteiger partial charge is 0.322 e. The van der Waals surface area contributed by atoms with Crippen LogP contribution in [0.1, 0.15) is 21.6 Å². The minimum absolute atomic E-state index is 0.189. The Morgan fingerprint density at radius 1 is 0.909 bits per heavy atom. The maximum Gasteiger partial charge on any atom is 0.257 e. The summed E-state index contributed by atoms with van der Waals surface area (Å²) in [5.74, 6) is 0.609. The number of imidazole rings is 1. The number of halogens is 1. The Morgan fingerprint density at radius 2 is 1.73 bits per heavy atom. The molecule has 0 spiro atoms. The van der Waals surface area contributed by atoms with E-state index in [2.05, 4.69) is 15.3 Å². The highest BCUT2D eigenvalue weighted by Gasteiger charge is 2.15. The number of hydrogen-bond donors (Lipinski definition) is 1. The highest BCUT2D eigenvalue weighted by Crippen LogP contribution is 2.30. The van der Waals surface area contributed by atoms with Gasteiger partial charge in [-0.15, -0.1) is 0 Å². The zero-order chi connectivity index (χ0) is 22.9. The van der Waals surface area contributed by atoms with Gasteiger partial charge in [-0.25, -0.2) is 4.98 Å². The maximum absolute atomic E-state index is 13.0. The molecule has 2 aromatic carbocycles. The first-order valence-corrected chi connectivity index (χ1v) is 10.9. The average Bonchev–Trinajstić information content (AvgIpc) is 3.25. The SMILES string of the molecule is Cc1ccc(NC(=O)c2cc(-c3cccn4c(-c5cccc(Cl)c5)ncc34)cnc2C)cc1. The Morgan fingerprint density at radius 3 is 2.52 bits per heavy atom. The Labute approximate surface area is 196 Å². The van der Waals surface area contributed by atoms with E-state index in [0.717, 1.165) is 39.3 Å². The van der Waals surface area contributed by atoms with Gasteiger partial charge in [0.2, 0.25) is 0 Å². The third-order valence-corrected chi connectivity index (χ3v) is 5.84. The summed E-state index contributed by atoms with van der Waals surface area (Å²) in [5, 5.41) is 3.62. The van der Waals surface area contributed by atoms with Crippen molar-refractivity contribution in [1.29, 1.82) is 0 Å². The van der Waals surface area contributed by atoms with Crippen molar-refractivity contribution in [2.24, 2.45) is 0 Å². The van der Waals surface area contributed by atoms with Gasteiger partial charge >= 0.3 is 0 Å². The van der Waals surface area contributed by atoms with Crippen LogP contribution in [0.2, 0.25) is 5.02 Å². The smallest absolute Gasteiger partial charge is 0.257 e. The van der Waals surface area contributed by atoms with Crippen LogP contribution in [-0.4, -0.2) is 20.3 Å². The fourth-order valence-corrected chi connectivity index (χ4v) is 4.04. The highest BCUT2D eigenvalue weighted by atomic mass is 35.5. The third-order valence-electron chi connectivity index (χ3n) is 5.61. The summed E-state index contributed by atoms with van der Waals surface area (Å²) in [6.07, 6.45) is 5.59. The van der Waals surface area contributed by atoms with E-state index >= 15 is 0 Å². The van der Waals surface area contributed by atoms with E-state index in [0.29, 0.717) is 16.3 Å². The lowest BCUT2D eigenvalue weighted by Gasteiger charge is -2.11. The molecule has 3 heterocycles. The number of aryl methyl sites for hydroxylation is 2. The number of rotatable bonds is 4. The number of hydrogen-bond acceptors (Lipinski definition) is 3. The van der Waals surface area contributed by atoms with Crippen LogP contribution >= 0.6 is 11.6 Å². The van der Waals surface area contributed by atoms with Crippen LogP contribution < -0.4 is 5.32 Å².